The minimum atomic E-state index is -1.05. The first-order valence-electron chi connectivity index (χ1n) is 14.9. The van der Waals surface area contributed by atoms with Gasteiger partial charge >= 0.3 is 18.0 Å². The van der Waals surface area contributed by atoms with Gasteiger partial charge in [0.15, 0.2) is 12.2 Å². The molecule has 3 aliphatic rings. The molecule has 0 aromatic heterocycles. The predicted molar refractivity (Wildman–Crippen MR) is 157 cm³/mol. The summed E-state index contributed by atoms with van der Waals surface area (Å²) in [5.41, 5.74) is 1.23. The van der Waals surface area contributed by atoms with E-state index in [2.05, 4.69) is 0 Å². The maximum Gasteiger partial charge on any atom is 0.320 e. The zero-order valence-electron chi connectivity index (χ0n) is 24.7. The number of benzene rings is 2. The Hall–Kier alpha value is -4.55. The molecule has 2 aromatic rings. The SMILES string of the molecule is CC(=O)OC1C(OC(C)=O)C(Cc2ccc([N+](=O)[O-])cc2)N(CC2CC2)C(=O)N(CC2CC2)C1Cc1ccc([N+](=O)[O-])cc1. The molecule has 5 rings (SSSR count). The zero-order chi connectivity index (χ0) is 31.5. The van der Waals surface area contributed by atoms with Gasteiger partial charge < -0.3 is 19.3 Å². The summed E-state index contributed by atoms with van der Waals surface area (Å²) in [6.45, 7) is 3.37. The number of ether oxygens (including phenoxy) is 2. The van der Waals surface area contributed by atoms with E-state index in [1.165, 1.54) is 38.1 Å². The molecule has 4 unspecified atom stereocenters. The van der Waals surface area contributed by atoms with Crippen molar-refractivity contribution in [2.75, 3.05) is 13.1 Å². The Labute approximate surface area is 254 Å². The first kappa shape index (κ1) is 30.9. The van der Waals surface area contributed by atoms with Gasteiger partial charge in [-0.1, -0.05) is 24.3 Å². The molecule has 2 amide bonds. The van der Waals surface area contributed by atoms with Gasteiger partial charge in [-0.25, -0.2) is 4.79 Å². The highest BCUT2D eigenvalue weighted by molar-refractivity contribution is 5.77. The number of nitro groups is 2. The van der Waals surface area contributed by atoms with Crippen LogP contribution < -0.4 is 0 Å². The summed E-state index contributed by atoms with van der Waals surface area (Å²) >= 11 is 0. The second kappa shape index (κ2) is 13.0. The van der Waals surface area contributed by atoms with E-state index in [1.54, 1.807) is 34.1 Å². The van der Waals surface area contributed by atoms with Crippen LogP contribution in [0.1, 0.15) is 50.7 Å². The van der Waals surface area contributed by atoms with E-state index in [0.29, 0.717) is 24.2 Å². The van der Waals surface area contributed by atoms with Crippen molar-refractivity contribution in [1.29, 1.82) is 0 Å². The molecule has 2 aliphatic carbocycles. The van der Waals surface area contributed by atoms with Gasteiger partial charge in [0.25, 0.3) is 11.4 Å². The summed E-state index contributed by atoms with van der Waals surface area (Å²) in [5.74, 6) is -0.663. The maximum absolute atomic E-state index is 14.6. The van der Waals surface area contributed by atoms with E-state index in [4.69, 9.17) is 9.47 Å². The number of carbonyl (C=O) groups is 3. The van der Waals surface area contributed by atoms with Gasteiger partial charge in [0.1, 0.15) is 0 Å². The largest absolute Gasteiger partial charge is 0.456 e. The van der Waals surface area contributed by atoms with Crippen molar-refractivity contribution < 1.29 is 33.7 Å². The average Bonchev–Trinajstić information content (AvgIpc) is 3.91. The summed E-state index contributed by atoms with van der Waals surface area (Å²) in [4.78, 5) is 64.9. The van der Waals surface area contributed by atoms with Gasteiger partial charge in [0.05, 0.1) is 21.9 Å². The Morgan fingerprint density at radius 2 is 1.05 bits per heavy atom. The van der Waals surface area contributed by atoms with Crippen LogP contribution in [0.4, 0.5) is 16.2 Å². The number of hydrogen-bond acceptors (Lipinski definition) is 9. The monoisotopic (exact) mass is 608 g/mol. The van der Waals surface area contributed by atoms with Crippen molar-refractivity contribution in [2.45, 2.75) is 76.7 Å². The van der Waals surface area contributed by atoms with Crippen molar-refractivity contribution in [3.63, 3.8) is 0 Å². The lowest BCUT2D eigenvalue weighted by Gasteiger charge is -2.37. The normalized spacial score (nSPS) is 23.5. The van der Waals surface area contributed by atoms with Crippen molar-refractivity contribution in [1.82, 2.24) is 9.80 Å². The predicted octanol–water partition coefficient (Wildman–Crippen LogP) is 4.45. The number of urea groups is 1. The first-order valence-corrected chi connectivity index (χ1v) is 14.9. The van der Waals surface area contributed by atoms with Crippen LogP contribution in [0.5, 0.6) is 0 Å². The van der Waals surface area contributed by atoms with Crippen LogP contribution in [0.25, 0.3) is 0 Å². The number of carbonyl (C=O) groups excluding carboxylic acids is 3. The molecule has 44 heavy (non-hydrogen) atoms. The number of amides is 2. The topological polar surface area (TPSA) is 162 Å². The fraction of sp³-hybridized carbons (Fsp3) is 0.516. The van der Waals surface area contributed by atoms with Crippen molar-refractivity contribution in [2.24, 2.45) is 11.8 Å². The standard InChI is InChI=1S/C31H36N4O9/c1-19(36)43-29-27(15-21-7-11-25(12-8-21)34(39)40)32(17-23-3-4-23)31(38)33(18-24-5-6-24)28(30(29)44-20(2)37)16-22-9-13-26(14-10-22)35(41)42/h7-14,23-24,27-30H,3-6,15-18H2,1-2H3. The van der Waals surface area contributed by atoms with Crippen LogP contribution in [0.3, 0.4) is 0 Å². The molecule has 0 N–H and O–H groups in total. The molecular weight excluding hydrogens is 572 g/mol. The maximum atomic E-state index is 14.6. The molecule has 1 heterocycles. The average molecular weight is 609 g/mol. The Balaban J connectivity index is 1.61. The molecule has 13 nitrogen and oxygen atoms in total. The third-order valence-electron chi connectivity index (χ3n) is 8.47. The molecule has 1 saturated heterocycles. The molecule has 3 fully saturated rings. The number of esters is 2. The molecular formula is C31H36N4O9. The lowest BCUT2D eigenvalue weighted by Crippen LogP contribution is -2.54. The Morgan fingerprint density at radius 3 is 1.32 bits per heavy atom. The highest BCUT2D eigenvalue weighted by atomic mass is 16.6. The van der Waals surface area contributed by atoms with Gasteiger partial charge in [-0.05, 0) is 61.5 Å². The molecule has 0 radical (unpaired) electrons. The highest BCUT2D eigenvalue weighted by Crippen LogP contribution is 2.38. The van der Waals surface area contributed by atoms with E-state index in [0.717, 1.165) is 25.7 Å². The van der Waals surface area contributed by atoms with Gasteiger partial charge in [-0.3, -0.25) is 29.8 Å². The number of nitrogens with zero attached hydrogens (tertiary/aromatic N) is 4. The summed E-state index contributed by atoms with van der Waals surface area (Å²) in [5, 5.41) is 22.5. The molecule has 234 valence electrons. The second-order valence-electron chi connectivity index (χ2n) is 12.0. The number of hydrogen-bond donors (Lipinski definition) is 0. The zero-order valence-corrected chi connectivity index (χ0v) is 24.7. The van der Waals surface area contributed by atoms with Crippen LogP contribution in [-0.2, 0) is 31.9 Å². The number of rotatable bonds is 12. The minimum absolute atomic E-state index is 0.0753. The van der Waals surface area contributed by atoms with Crippen molar-refractivity contribution in [3.8, 4) is 0 Å². The smallest absolute Gasteiger partial charge is 0.320 e. The third-order valence-corrected chi connectivity index (χ3v) is 8.47. The Kier molecular flexibility index (Phi) is 9.12. The van der Waals surface area contributed by atoms with Crippen molar-refractivity contribution >= 4 is 29.3 Å². The molecule has 13 heteroatoms. The lowest BCUT2D eigenvalue weighted by molar-refractivity contribution is -0.385. The molecule has 2 aromatic carbocycles. The molecule has 0 bridgehead atoms. The fourth-order valence-corrected chi connectivity index (χ4v) is 5.94. The van der Waals surface area contributed by atoms with Gasteiger partial charge in [0, 0.05) is 51.2 Å². The molecule has 1 aliphatic heterocycles. The summed E-state index contributed by atoms with van der Waals surface area (Å²) in [6.07, 6.45) is 2.11. The molecule has 0 spiro atoms. The molecule has 2 saturated carbocycles. The number of nitro benzene ring substituents is 2. The van der Waals surface area contributed by atoms with Gasteiger partial charge in [-0.2, -0.15) is 0 Å². The Bertz CT molecular complexity index is 1300. The van der Waals surface area contributed by atoms with Crippen LogP contribution in [-0.4, -0.2) is 75.0 Å². The lowest BCUT2D eigenvalue weighted by atomic mass is 9.90. The second-order valence-corrected chi connectivity index (χ2v) is 12.0. The van der Waals surface area contributed by atoms with Crippen LogP contribution >= 0.6 is 0 Å². The van der Waals surface area contributed by atoms with Gasteiger partial charge in [-0.15, -0.1) is 0 Å². The fourth-order valence-electron chi connectivity index (χ4n) is 5.94. The van der Waals surface area contributed by atoms with E-state index < -0.39 is 46.1 Å². The van der Waals surface area contributed by atoms with E-state index >= 15 is 0 Å². The van der Waals surface area contributed by atoms with E-state index in [9.17, 15) is 34.6 Å². The Morgan fingerprint density at radius 1 is 0.705 bits per heavy atom. The van der Waals surface area contributed by atoms with Crippen molar-refractivity contribution in [3.05, 3.63) is 79.9 Å². The van der Waals surface area contributed by atoms with Gasteiger partial charge in [0.2, 0.25) is 0 Å². The van der Waals surface area contributed by atoms with E-state index in [-0.39, 0.29) is 42.1 Å². The first-order chi connectivity index (χ1) is 21.0. The third kappa shape index (κ3) is 7.50. The van der Waals surface area contributed by atoms with Crippen LogP contribution in [0.15, 0.2) is 48.5 Å². The summed E-state index contributed by atoms with van der Waals surface area (Å²) in [6, 6.07) is 10.3. The van der Waals surface area contributed by atoms with Crippen LogP contribution in [0, 0.1) is 32.1 Å². The number of non-ortho nitro benzene ring substituents is 2. The molecule has 4 atom stereocenters. The van der Waals surface area contributed by atoms with E-state index in [1.807, 2.05) is 0 Å². The summed E-state index contributed by atoms with van der Waals surface area (Å²) < 4.78 is 11.9. The minimum Gasteiger partial charge on any atom is -0.456 e. The quantitative estimate of drug-likeness (QED) is 0.192. The summed E-state index contributed by atoms with van der Waals surface area (Å²) in [7, 11) is 0. The van der Waals surface area contributed by atoms with Crippen LogP contribution in [0.2, 0.25) is 0 Å². The highest BCUT2D eigenvalue weighted by Gasteiger charge is 2.52.